The first-order valence-corrected chi connectivity index (χ1v) is 10.3. The molecule has 1 saturated heterocycles. The molecule has 2 fully saturated rings. The maximum absolute atomic E-state index is 12.6. The highest BCUT2D eigenvalue weighted by Gasteiger charge is 2.28. The van der Waals surface area contributed by atoms with E-state index in [1.165, 1.54) is 25.1 Å². The van der Waals surface area contributed by atoms with Gasteiger partial charge in [-0.1, -0.05) is 18.6 Å². The zero-order valence-electron chi connectivity index (χ0n) is 16.5. The third-order valence-corrected chi connectivity index (χ3v) is 6.06. The number of likely N-dealkylation sites (tertiary alicyclic amines) is 1. The number of methoxy groups -OCH3 is 1. The molecule has 28 heavy (non-hydrogen) atoms. The van der Waals surface area contributed by atoms with Crippen LogP contribution in [0.4, 0.5) is 0 Å². The van der Waals surface area contributed by atoms with E-state index in [2.05, 4.69) is 15.7 Å². The van der Waals surface area contributed by atoms with Gasteiger partial charge in [-0.3, -0.25) is 4.79 Å². The van der Waals surface area contributed by atoms with Crippen molar-refractivity contribution in [1.29, 1.82) is 0 Å². The number of carbonyl (C=O) groups excluding carboxylic acids is 1. The highest BCUT2D eigenvalue weighted by atomic mass is 16.5. The minimum absolute atomic E-state index is 0.0298. The standard InChI is InChI=1S/C22H29N3O3/c1-27-19-7-2-3-8-20(19)28-16-21(26)24-12-9-18(10-13-24)22-23-11-14-25(22)15-17-5-4-6-17/h2-3,7-8,11,14,17-18H,4-6,9-10,12-13,15-16H2,1H3. The number of rotatable bonds is 7. The summed E-state index contributed by atoms with van der Waals surface area (Å²) in [6.07, 6.45) is 10.0. The number of piperidine rings is 1. The van der Waals surface area contributed by atoms with E-state index in [0.717, 1.165) is 38.4 Å². The molecule has 1 aromatic heterocycles. The number of benzene rings is 1. The van der Waals surface area contributed by atoms with Gasteiger partial charge in [0.05, 0.1) is 7.11 Å². The highest BCUT2D eigenvalue weighted by molar-refractivity contribution is 5.78. The number of imidazole rings is 1. The van der Waals surface area contributed by atoms with Crippen LogP contribution in [0.15, 0.2) is 36.7 Å². The smallest absolute Gasteiger partial charge is 0.260 e. The second-order valence-electron chi connectivity index (χ2n) is 7.83. The van der Waals surface area contributed by atoms with Crippen LogP contribution in [-0.2, 0) is 11.3 Å². The lowest BCUT2D eigenvalue weighted by Crippen LogP contribution is -2.41. The molecule has 1 saturated carbocycles. The van der Waals surface area contributed by atoms with Crippen molar-refractivity contribution in [2.24, 2.45) is 5.92 Å². The van der Waals surface area contributed by atoms with Crippen LogP contribution in [0.2, 0.25) is 0 Å². The summed E-state index contributed by atoms with van der Waals surface area (Å²) >= 11 is 0. The van der Waals surface area contributed by atoms with Crippen LogP contribution in [0, 0.1) is 5.92 Å². The van der Waals surface area contributed by atoms with Gasteiger partial charge in [0.2, 0.25) is 0 Å². The van der Waals surface area contributed by atoms with E-state index in [4.69, 9.17) is 9.47 Å². The van der Waals surface area contributed by atoms with Crippen molar-refractivity contribution in [1.82, 2.24) is 14.5 Å². The molecular formula is C22H29N3O3. The third-order valence-electron chi connectivity index (χ3n) is 6.06. The van der Waals surface area contributed by atoms with Crippen LogP contribution in [0.25, 0.3) is 0 Å². The third kappa shape index (κ3) is 4.16. The summed E-state index contributed by atoms with van der Waals surface area (Å²) in [6, 6.07) is 7.41. The Kier molecular flexibility index (Phi) is 5.84. The molecule has 150 valence electrons. The zero-order chi connectivity index (χ0) is 19.3. The quantitative estimate of drug-likeness (QED) is 0.735. The van der Waals surface area contributed by atoms with Crippen LogP contribution < -0.4 is 9.47 Å². The van der Waals surface area contributed by atoms with Crippen LogP contribution in [-0.4, -0.2) is 47.2 Å². The van der Waals surface area contributed by atoms with Crippen molar-refractivity contribution < 1.29 is 14.3 Å². The number of aromatic nitrogens is 2. The van der Waals surface area contributed by atoms with Gasteiger partial charge in [-0.15, -0.1) is 0 Å². The molecule has 0 N–H and O–H groups in total. The Hall–Kier alpha value is -2.50. The molecule has 0 bridgehead atoms. The number of para-hydroxylation sites is 2. The van der Waals surface area contributed by atoms with Gasteiger partial charge >= 0.3 is 0 Å². The average molecular weight is 383 g/mol. The molecule has 0 atom stereocenters. The first-order chi connectivity index (χ1) is 13.7. The summed E-state index contributed by atoms with van der Waals surface area (Å²) in [5.74, 6) is 3.74. The predicted molar refractivity (Wildman–Crippen MR) is 107 cm³/mol. The molecule has 0 radical (unpaired) electrons. The van der Waals surface area contributed by atoms with E-state index in [1.54, 1.807) is 7.11 Å². The van der Waals surface area contributed by atoms with Gasteiger partial charge in [0, 0.05) is 37.9 Å². The molecule has 2 aliphatic rings. The molecule has 2 heterocycles. The lowest BCUT2D eigenvalue weighted by atomic mass is 9.85. The Morgan fingerprint density at radius 2 is 1.89 bits per heavy atom. The second-order valence-corrected chi connectivity index (χ2v) is 7.83. The van der Waals surface area contributed by atoms with Gasteiger partial charge in [0.25, 0.3) is 5.91 Å². The predicted octanol–water partition coefficient (Wildman–Crippen LogP) is 3.48. The summed E-state index contributed by atoms with van der Waals surface area (Å²) in [7, 11) is 1.60. The summed E-state index contributed by atoms with van der Waals surface area (Å²) in [5, 5.41) is 0. The maximum atomic E-state index is 12.6. The molecule has 1 aromatic carbocycles. The SMILES string of the molecule is COc1ccccc1OCC(=O)N1CCC(c2nccn2CC2CCC2)CC1. The lowest BCUT2D eigenvalue weighted by molar-refractivity contribution is -0.134. The summed E-state index contributed by atoms with van der Waals surface area (Å²) in [5.41, 5.74) is 0. The van der Waals surface area contributed by atoms with Crippen molar-refractivity contribution in [3.05, 3.63) is 42.5 Å². The fourth-order valence-electron chi connectivity index (χ4n) is 4.14. The molecule has 1 aliphatic heterocycles. The van der Waals surface area contributed by atoms with Crippen LogP contribution in [0.5, 0.6) is 11.5 Å². The summed E-state index contributed by atoms with van der Waals surface area (Å²) in [4.78, 5) is 19.1. The number of nitrogens with zero attached hydrogens (tertiary/aromatic N) is 3. The number of amides is 1. The van der Waals surface area contributed by atoms with E-state index in [-0.39, 0.29) is 12.5 Å². The summed E-state index contributed by atoms with van der Waals surface area (Å²) < 4.78 is 13.3. The largest absolute Gasteiger partial charge is 0.493 e. The van der Waals surface area contributed by atoms with Gasteiger partial charge in [-0.05, 0) is 43.7 Å². The van der Waals surface area contributed by atoms with Crippen LogP contribution >= 0.6 is 0 Å². The van der Waals surface area contributed by atoms with E-state index in [9.17, 15) is 4.79 Å². The second kappa shape index (κ2) is 8.67. The molecule has 6 heteroatoms. The highest BCUT2D eigenvalue weighted by Crippen LogP contribution is 2.32. The lowest BCUT2D eigenvalue weighted by Gasteiger charge is -2.33. The molecule has 2 aromatic rings. The van der Waals surface area contributed by atoms with Crippen molar-refractivity contribution in [2.75, 3.05) is 26.8 Å². The van der Waals surface area contributed by atoms with E-state index < -0.39 is 0 Å². The number of hydrogen-bond acceptors (Lipinski definition) is 4. The molecule has 4 rings (SSSR count). The van der Waals surface area contributed by atoms with E-state index in [0.29, 0.717) is 17.4 Å². The molecule has 1 amide bonds. The van der Waals surface area contributed by atoms with Gasteiger partial charge < -0.3 is 18.9 Å². The molecule has 0 unspecified atom stereocenters. The molecular weight excluding hydrogens is 354 g/mol. The summed E-state index contributed by atoms with van der Waals surface area (Å²) in [6.45, 7) is 2.66. The average Bonchev–Trinajstić information content (AvgIpc) is 3.17. The molecule has 1 aliphatic carbocycles. The van der Waals surface area contributed by atoms with Gasteiger partial charge in [0.15, 0.2) is 18.1 Å². The van der Waals surface area contributed by atoms with E-state index in [1.807, 2.05) is 35.4 Å². The van der Waals surface area contributed by atoms with Crippen molar-refractivity contribution in [3.8, 4) is 11.5 Å². The van der Waals surface area contributed by atoms with Crippen molar-refractivity contribution in [3.63, 3.8) is 0 Å². The fraction of sp³-hybridized carbons (Fsp3) is 0.545. The number of carbonyl (C=O) groups is 1. The number of hydrogen-bond donors (Lipinski definition) is 0. The Labute approximate surface area is 166 Å². The minimum atomic E-state index is 0.0298. The van der Waals surface area contributed by atoms with Gasteiger partial charge in [-0.2, -0.15) is 0 Å². The first-order valence-electron chi connectivity index (χ1n) is 10.3. The van der Waals surface area contributed by atoms with Crippen LogP contribution in [0.1, 0.15) is 43.8 Å². The normalized spacial score (nSPS) is 18.0. The van der Waals surface area contributed by atoms with Crippen molar-refractivity contribution in [2.45, 2.75) is 44.6 Å². The number of ether oxygens (including phenoxy) is 2. The van der Waals surface area contributed by atoms with Crippen LogP contribution in [0.3, 0.4) is 0 Å². The minimum Gasteiger partial charge on any atom is -0.493 e. The Bertz CT molecular complexity index is 792. The fourth-order valence-corrected chi connectivity index (χ4v) is 4.14. The Morgan fingerprint density at radius 3 is 2.57 bits per heavy atom. The van der Waals surface area contributed by atoms with Gasteiger partial charge in [-0.25, -0.2) is 4.98 Å². The molecule has 6 nitrogen and oxygen atoms in total. The topological polar surface area (TPSA) is 56.6 Å². The zero-order valence-corrected chi connectivity index (χ0v) is 16.5. The molecule has 0 spiro atoms. The van der Waals surface area contributed by atoms with Gasteiger partial charge in [0.1, 0.15) is 5.82 Å². The maximum Gasteiger partial charge on any atom is 0.260 e. The van der Waals surface area contributed by atoms with Crippen molar-refractivity contribution >= 4 is 5.91 Å². The monoisotopic (exact) mass is 383 g/mol. The van der Waals surface area contributed by atoms with E-state index >= 15 is 0 Å². The Balaban J connectivity index is 1.28. The first kappa shape index (κ1) is 18.8. The Morgan fingerprint density at radius 1 is 1.14 bits per heavy atom.